The molecular weight excluding hydrogens is 260 g/mol. The number of piperazine rings is 1. The standard InChI is InChI=1S/C17H28N4/c1-19(2)7-8-20-9-11-21(12-10-20)16-13-14-5-3-4-6-15(14)17(16)18/h3-6,16-17H,7-13,18H2,1-2H3. The number of nitrogens with two attached hydrogens (primary N) is 1. The van der Waals surface area contributed by atoms with E-state index in [0.717, 1.165) is 26.1 Å². The van der Waals surface area contributed by atoms with Crippen molar-refractivity contribution in [2.75, 3.05) is 53.4 Å². The van der Waals surface area contributed by atoms with Gasteiger partial charge < -0.3 is 10.6 Å². The Kier molecular flexibility index (Phi) is 4.60. The second-order valence-electron chi connectivity index (χ2n) is 6.68. The Hall–Kier alpha value is -0.940. The lowest BCUT2D eigenvalue weighted by Crippen LogP contribution is -2.53. The topological polar surface area (TPSA) is 35.7 Å². The average Bonchev–Trinajstić information content (AvgIpc) is 2.83. The van der Waals surface area contributed by atoms with Crippen LogP contribution in [0.3, 0.4) is 0 Å². The van der Waals surface area contributed by atoms with Crippen molar-refractivity contribution in [2.24, 2.45) is 5.73 Å². The average molecular weight is 288 g/mol. The lowest BCUT2D eigenvalue weighted by Gasteiger charge is -2.39. The number of likely N-dealkylation sites (N-methyl/N-ethyl adjacent to an activating group) is 1. The predicted molar refractivity (Wildman–Crippen MR) is 87.4 cm³/mol. The summed E-state index contributed by atoms with van der Waals surface area (Å²) in [6.07, 6.45) is 1.12. The van der Waals surface area contributed by atoms with Crippen LogP contribution < -0.4 is 5.73 Å². The van der Waals surface area contributed by atoms with Gasteiger partial charge in [-0.15, -0.1) is 0 Å². The number of fused-ring (bicyclic) bond motifs is 1. The first-order valence-electron chi connectivity index (χ1n) is 8.09. The molecule has 1 aliphatic heterocycles. The fourth-order valence-corrected chi connectivity index (χ4v) is 3.62. The second kappa shape index (κ2) is 6.44. The molecule has 2 N–H and O–H groups in total. The molecule has 0 spiro atoms. The van der Waals surface area contributed by atoms with Crippen LogP contribution in [0.1, 0.15) is 17.2 Å². The van der Waals surface area contributed by atoms with Gasteiger partial charge in [0.05, 0.1) is 0 Å². The van der Waals surface area contributed by atoms with Crippen molar-refractivity contribution in [2.45, 2.75) is 18.5 Å². The first kappa shape index (κ1) is 15.0. The number of benzene rings is 1. The minimum Gasteiger partial charge on any atom is -0.323 e. The van der Waals surface area contributed by atoms with Gasteiger partial charge in [0, 0.05) is 51.4 Å². The summed E-state index contributed by atoms with van der Waals surface area (Å²) >= 11 is 0. The van der Waals surface area contributed by atoms with Gasteiger partial charge in [0.1, 0.15) is 0 Å². The first-order valence-corrected chi connectivity index (χ1v) is 8.09. The van der Waals surface area contributed by atoms with Gasteiger partial charge in [0.15, 0.2) is 0 Å². The zero-order valence-electron chi connectivity index (χ0n) is 13.3. The lowest BCUT2D eigenvalue weighted by molar-refractivity contribution is 0.0855. The van der Waals surface area contributed by atoms with Crippen LogP contribution in [0.2, 0.25) is 0 Å². The Morgan fingerprint density at radius 3 is 2.52 bits per heavy atom. The maximum absolute atomic E-state index is 6.49. The summed E-state index contributed by atoms with van der Waals surface area (Å²) in [6.45, 7) is 6.98. The summed E-state index contributed by atoms with van der Waals surface area (Å²) in [5.74, 6) is 0. The van der Waals surface area contributed by atoms with Crippen molar-refractivity contribution in [3.63, 3.8) is 0 Å². The van der Waals surface area contributed by atoms with Gasteiger partial charge in [-0.1, -0.05) is 24.3 Å². The molecule has 2 aliphatic rings. The number of hydrogen-bond donors (Lipinski definition) is 1. The molecule has 0 bridgehead atoms. The smallest absolute Gasteiger partial charge is 0.0459 e. The van der Waals surface area contributed by atoms with E-state index >= 15 is 0 Å². The molecule has 1 saturated heterocycles. The van der Waals surface area contributed by atoms with E-state index in [1.165, 1.54) is 30.8 Å². The summed E-state index contributed by atoms with van der Waals surface area (Å²) in [5, 5.41) is 0. The van der Waals surface area contributed by atoms with Crippen LogP contribution in [0.15, 0.2) is 24.3 Å². The zero-order valence-corrected chi connectivity index (χ0v) is 13.3. The van der Waals surface area contributed by atoms with Gasteiger partial charge in [-0.2, -0.15) is 0 Å². The Bertz CT molecular complexity index is 466. The monoisotopic (exact) mass is 288 g/mol. The number of hydrogen-bond acceptors (Lipinski definition) is 4. The summed E-state index contributed by atoms with van der Waals surface area (Å²) in [6, 6.07) is 9.37. The first-order chi connectivity index (χ1) is 10.1. The van der Waals surface area contributed by atoms with E-state index in [-0.39, 0.29) is 6.04 Å². The van der Waals surface area contributed by atoms with E-state index in [0.29, 0.717) is 6.04 Å². The van der Waals surface area contributed by atoms with E-state index < -0.39 is 0 Å². The van der Waals surface area contributed by atoms with Gasteiger partial charge in [-0.05, 0) is 31.6 Å². The Morgan fingerprint density at radius 1 is 1.14 bits per heavy atom. The van der Waals surface area contributed by atoms with Crippen molar-refractivity contribution in [1.82, 2.24) is 14.7 Å². The van der Waals surface area contributed by atoms with E-state index in [1.54, 1.807) is 0 Å². The highest BCUT2D eigenvalue weighted by atomic mass is 15.3. The molecule has 4 nitrogen and oxygen atoms in total. The SMILES string of the molecule is CN(C)CCN1CCN(C2Cc3ccccc3C2N)CC1. The highest BCUT2D eigenvalue weighted by Crippen LogP contribution is 2.32. The molecule has 1 aliphatic carbocycles. The third-order valence-corrected chi connectivity index (χ3v) is 5.00. The maximum Gasteiger partial charge on any atom is 0.0459 e. The van der Waals surface area contributed by atoms with Crippen molar-refractivity contribution in [3.05, 3.63) is 35.4 Å². The van der Waals surface area contributed by atoms with Crippen LogP contribution in [0.25, 0.3) is 0 Å². The van der Waals surface area contributed by atoms with Gasteiger partial charge in [-0.3, -0.25) is 9.80 Å². The Labute approximate surface area is 128 Å². The van der Waals surface area contributed by atoms with E-state index in [2.05, 4.69) is 53.1 Å². The molecule has 21 heavy (non-hydrogen) atoms. The molecule has 1 heterocycles. The molecule has 1 fully saturated rings. The van der Waals surface area contributed by atoms with Crippen LogP contribution in [0.5, 0.6) is 0 Å². The number of rotatable bonds is 4. The summed E-state index contributed by atoms with van der Waals surface area (Å²) in [4.78, 5) is 7.44. The molecule has 116 valence electrons. The van der Waals surface area contributed by atoms with Crippen LogP contribution >= 0.6 is 0 Å². The maximum atomic E-state index is 6.49. The molecule has 0 saturated carbocycles. The molecule has 2 unspecified atom stereocenters. The van der Waals surface area contributed by atoms with E-state index in [4.69, 9.17) is 5.73 Å². The highest BCUT2D eigenvalue weighted by molar-refractivity contribution is 5.36. The highest BCUT2D eigenvalue weighted by Gasteiger charge is 2.34. The molecule has 3 rings (SSSR count). The van der Waals surface area contributed by atoms with Crippen molar-refractivity contribution < 1.29 is 0 Å². The van der Waals surface area contributed by atoms with E-state index in [9.17, 15) is 0 Å². The van der Waals surface area contributed by atoms with E-state index in [1.807, 2.05) is 0 Å². The minimum absolute atomic E-state index is 0.189. The second-order valence-corrected chi connectivity index (χ2v) is 6.68. The van der Waals surface area contributed by atoms with Crippen LogP contribution in [0.4, 0.5) is 0 Å². The van der Waals surface area contributed by atoms with Gasteiger partial charge in [0.2, 0.25) is 0 Å². The molecule has 4 heteroatoms. The summed E-state index contributed by atoms with van der Waals surface area (Å²) < 4.78 is 0. The molecule has 0 amide bonds. The van der Waals surface area contributed by atoms with Crippen molar-refractivity contribution in [1.29, 1.82) is 0 Å². The molecule has 2 atom stereocenters. The normalized spacial score (nSPS) is 27.2. The fourth-order valence-electron chi connectivity index (χ4n) is 3.62. The third-order valence-electron chi connectivity index (χ3n) is 5.00. The minimum atomic E-state index is 0.189. The van der Waals surface area contributed by atoms with Gasteiger partial charge in [0.25, 0.3) is 0 Å². The summed E-state index contributed by atoms with van der Waals surface area (Å²) in [5.41, 5.74) is 9.30. The molecule has 0 aromatic heterocycles. The van der Waals surface area contributed by atoms with Crippen LogP contribution in [-0.4, -0.2) is 74.1 Å². The van der Waals surface area contributed by atoms with Gasteiger partial charge >= 0.3 is 0 Å². The molecule has 0 radical (unpaired) electrons. The molecule has 1 aromatic carbocycles. The molecule has 1 aromatic rings. The zero-order chi connectivity index (χ0) is 14.8. The van der Waals surface area contributed by atoms with Crippen LogP contribution in [0, 0.1) is 0 Å². The molecular formula is C17H28N4. The summed E-state index contributed by atoms with van der Waals surface area (Å²) in [7, 11) is 4.29. The van der Waals surface area contributed by atoms with Gasteiger partial charge in [-0.25, -0.2) is 0 Å². The number of nitrogens with zero attached hydrogens (tertiary/aromatic N) is 3. The largest absolute Gasteiger partial charge is 0.323 e. The van der Waals surface area contributed by atoms with Crippen molar-refractivity contribution in [3.8, 4) is 0 Å². The van der Waals surface area contributed by atoms with Crippen LogP contribution in [-0.2, 0) is 6.42 Å². The Morgan fingerprint density at radius 2 is 1.86 bits per heavy atom. The quantitative estimate of drug-likeness (QED) is 0.889. The predicted octanol–water partition coefficient (Wildman–Crippen LogP) is 0.790. The lowest BCUT2D eigenvalue weighted by atomic mass is 10.1. The van der Waals surface area contributed by atoms with Crippen molar-refractivity contribution >= 4 is 0 Å². The Balaban J connectivity index is 1.54. The fraction of sp³-hybridized carbons (Fsp3) is 0.647. The third kappa shape index (κ3) is 3.29.